The average Bonchev–Trinajstić information content (AvgIpc) is 3.25. The van der Waals surface area contributed by atoms with Crippen LogP contribution in [0.25, 0.3) is 10.2 Å². The third kappa shape index (κ3) is 5.87. The molecule has 162 valence electrons. The lowest BCUT2D eigenvalue weighted by Gasteiger charge is -2.11. The normalized spacial score (nSPS) is 11.0. The number of carbonyl (C=O) groups excluding carboxylic acids is 1. The summed E-state index contributed by atoms with van der Waals surface area (Å²) in [5, 5.41) is 4.06. The Balaban J connectivity index is 1.31. The van der Waals surface area contributed by atoms with Crippen molar-refractivity contribution in [2.24, 2.45) is 5.10 Å². The first kappa shape index (κ1) is 21.9. The van der Waals surface area contributed by atoms with E-state index in [1.54, 1.807) is 24.7 Å². The third-order valence-corrected chi connectivity index (χ3v) is 6.61. The molecule has 8 heteroatoms. The molecule has 0 aliphatic heterocycles. The average molecular weight is 464 g/mol. The van der Waals surface area contributed by atoms with Crippen LogP contribution in [0.5, 0.6) is 11.5 Å². The van der Waals surface area contributed by atoms with Crippen LogP contribution in [0.4, 0.5) is 0 Å². The van der Waals surface area contributed by atoms with Crippen molar-refractivity contribution in [1.82, 2.24) is 10.4 Å². The van der Waals surface area contributed by atoms with Crippen LogP contribution in [0.1, 0.15) is 11.1 Å². The summed E-state index contributed by atoms with van der Waals surface area (Å²) in [6.07, 6.45) is 1.58. The number of methoxy groups -OCH3 is 1. The molecule has 0 bridgehead atoms. The first-order valence-corrected chi connectivity index (χ1v) is 11.7. The van der Waals surface area contributed by atoms with Crippen LogP contribution in [0.2, 0.25) is 0 Å². The Hall–Kier alpha value is -3.36. The second-order valence-electron chi connectivity index (χ2n) is 6.71. The summed E-state index contributed by atoms with van der Waals surface area (Å²) in [5.74, 6) is 1.29. The number of hydrazone groups is 1. The summed E-state index contributed by atoms with van der Waals surface area (Å²) < 4.78 is 13.3. The van der Waals surface area contributed by atoms with Crippen molar-refractivity contribution >= 4 is 45.4 Å². The zero-order valence-corrected chi connectivity index (χ0v) is 19.0. The molecule has 1 N–H and O–H groups in total. The van der Waals surface area contributed by atoms with Gasteiger partial charge in [-0.05, 0) is 41.5 Å². The highest BCUT2D eigenvalue weighted by atomic mass is 32.2. The fourth-order valence-corrected chi connectivity index (χ4v) is 4.73. The maximum Gasteiger partial charge on any atom is 0.250 e. The highest BCUT2D eigenvalue weighted by Gasteiger charge is 2.08. The van der Waals surface area contributed by atoms with E-state index in [1.807, 2.05) is 72.8 Å². The van der Waals surface area contributed by atoms with Crippen LogP contribution < -0.4 is 14.9 Å². The molecule has 0 aliphatic rings. The number of nitrogens with zero attached hydrogens (tertiary/aromatic N) is 2. The number of ether oxygens (including phenoxy) is 2. The molecule has 4 aromatic rings. The fraction of sp³-hybridized carbons (Fsp3) is 0.125. The van der Waals surface area contributed by atoms with Crippen molar-refractivity contribution in [1.29, 1.82) is 0 Å². The molecule has 0 fully saturated rings. The smallest absolute Gasteiger partial charge is 0.250 e. The molecule has 0 saturated heterocycles. The standard InChI is InChI=1S/C24H21N3O3S2/c1-29-20-12-11-18(13-21(20)30-15-17-7-3-2-4-8-17)14-25-27-23(28)16-31-24-26-19-9-5-6-10-22(19)32-24/h2-14H,15-16H2,1H3,(H,27,28)/b25-14-. The van der Waals surface area contributed by atoms with Gasteiger partial charge in [-0.15, -0.1) is 11.3 Å². The van der Waals surface area contributed by atoms with Crippen molar-refractivity contribution < 1.29 is 14.3 Å². The summed E-state index contributed by atoms with van der Waals surface area (Å²) in [5.41, 5.74) is 5.35. The molecule has 0 aliphatic carbocycles. The highest BCUT2D eigenvalue weighted by Crippen LogP contribution is 2.29. The minimum absolute atomic E-state index is 0.195. The SMILES string of the molecule is COc1ccc(/C=N\NC(=O)CSc2nc3ccccc3s2)cc1OCc1ccccc1. The van der Waals surface area contributed by atoms with Gasteiger partial charge in [-0.2, -0.15) is 5.10 Å². The Morgan fingerprint density at radius 2 is 1.91 bits per heavy atom. The highest BCUT2D eigenvalue weighted by molar-refractivity contribution is 8.01. The second kappa shape index (κ2) is 10.8. The van der Waals surface area contributed by atoms with Gasteiger partial charge >= 0.3 is 0 Å². The van der Waals surface area contributed by atoms with Gasteiger partial charge < -0.3 is 9.47 Å². The Bertz CT molecular complexity index is 1190. The van der Waals surface area contributed by atoms with Crippen LogP contribution in [0.15, 0.2) is 82.2 Å². The van der Waals surface area contributed by atoms with E-state index in [0.29, 0.717) is 18.1 Å². The molecule has 0 radical (unpaired) electrons. The zero-order valence-electron chi connectivity index (χ0n) is 17.4. The third-order valence-electron chi connectivity index (χ3n) is 4.43. The van der Waals surface area contributed by atoms with E-state index in [2.05, 4.69) is 15.5 Å². The van der Waals surface area contributed by atoms with Crippen LogP contribution >= 0.6 is 23.1 Å². The zero-order chi connectivity index (χ0) is 22.2. The van der Waals surface area contributed by atoms with Gasteiger partial charge in [0.15, 0.2) is 15.8 Å². The van der Waals surface area contributed by atoms with Gasteiger partial charge in [-0.25, -0.2) is 10.4 Å². The van der Waals surface area contributed by atoms with E-state index in [1.165, 1.54) is 11.8 Å². The van der Waals surface area contributed by atoms with Crippen LogP contribution in [-0.4, -0.2) is 30.0 Å². The van der Waals surface area contributed by atoms with E-state index in [0.717, 1.165) is 25.7 Å². The predicted octanol–water partition coefficient (Wildman–Crippen LogP) is 5.13. The second-order valence-corrected chi connectivity index (χ2v) is 8.97. The predicted molar refractivity (Wildman–Crippen MR) is 130 cm³/mol. The number of aromatic nitrogens is 1. The van der Waals surface area contributed by atoms with Crippen LogP contribution in [0.3, 0.4) is 0 Å². The summed E-state index contributed by atoms with van der Waals surface area (Å²) in [7, 11) is 1.60. The largest absolute Gasteiger partial charge is 0.493 e. The van der Waals surface area contributed by atoms with Gasteiger partial charge in [0.25, 0.3) is 5.91 Å². The maximum atomic E-state index is 12.1. The Morgan fingerprint density at radius 3 is 2.72 bits per heavy atom. The van der Waals surface area contributed by atoms with E-state index >= 15 is 0 Å². The van der Waals surface area contributed by atoms with Crippen molar-refractivity contribution in [3.8, 4) is 11.5 Å². The van der Waals surface area contributed by atoms with Gasteiger partial charge in [0.05, 0.1) is 29.3 Å². The first-order chi connectivity index (χ1) is 15.7. The van der Waals surface area contributed by atoms with E-state index in [4.69, 9.17) is 9.47 Å². The molecule has 0 spiro atoms. The number of rotatable bonds is 9. The Kier molecular flexibility index (Phi) is 7.37. The van der Waals surface area contributed by atoms with Gasteiger partial charge in [-0.1, -0.05) is 54.2 Å². The van der Waals surface area contributed by atoms with Crippen molar-refractivity contribution in [3.63, 3.8) is 0 Å². The lowest BCUT2D eigenvalue weighted by molar-refractivity contribution is -0.118. The number of hydrogen-bond donors (Lipinski definition) is 1. The minimum Gasteiger partial charge on any atom is -0.493 e. The summed E-state index contributed by atoms with van der Waals surface area (Å²) in [6.45, 7) is 0.428. The molecular weight excluding hydrogens is 442 g/mol. The van der Waals surface area contributed by atoms with E-state index in [-0.39, 0.29) is 11.7 Å². The molecule has 1 heterocycles. The molecule has 0 saturated carbocycles. The lowest BCUT2D eigenvalue weighted by atomic mass is 10.2. The summed E-state index contributed by atoms with van der Waals surface area (Å²) >= 11 is 2.97. The number of para-hydroxylation sites is 1. The topological polar surface area (TPSA) is 72.8 Å². The molecular formula is C24H21N3O3S2. The minimum atomic E-state index is -0.195. The van der Waals surface area contributed by atoms with Crippen LogP contribution in [0, 0.1) is 0 Å². The molecule has 0 unspecified atom stereocenters. The van der Waals surface area contributed by atoms with Crippen molar-refractivity contribution in [2.75, 3.05) is 12.9 Å². The number of thiazole rings is 1. The maximum absolute atomic E-state index is 12.1. The number of fused-ring (bicyclic) bond motifs is 1. The fourth-order valence-electron chi connectivity index (χ4n) is 2.87. The van der Waals surface area contributed by atoms with E-state index < -0.39 is 0 Å². The van der Waals surface area contributed by atoms with Gasteiger partial charge in [-0.3, -0.25) is 4.79 Å². The lowest BCUT2D eigenvalue weighted by Crippen LogP contribution is -2.19. The van der Waals surface area contributed by atoms with Gasteiger partial charge in [0, 0.05) is 0 Å². The van der Waals surface area contributed by atoms with E-state index in [9.17, 15) is 4.79 Å². The van der Waals surface area contributed by atoms with Gasteiger partial charge in [0.1, 0.15) is 6.61 Å². The van der Waals surface area contributed by atoms with Crippen molar-refractivity contribution in [3.05, 3.63) is 83.9 Å². The molecule has 32 heavy (non-hydrogen) atoms. The molecule has 6 nitrogen and oxygen atoms in total. The summed E-state index contributed by atoms with van der Waals surface area (Å²) in [6, 6.07) is 23.3. The molecule has 3 aromatic carbocycles. The Labute approximate surface area is 194 Å². The molecule has 1 amide bonds. The summed E-state index contributed by atoms with van der Waals surface area (Å²) in [4.78, 5) is 16.7. The number of hydrogen-bond acceptors (Lipinski definition) is 7. The van der Waals surface area contributed by atoms with Crippen molar-refractivity contribution in [2.45, 2.75) is 10.9 Å². The molecule has 1 aromatic heterocycles. The number of carbonyl (C=O) groups is 1. The molecule has 4 rings (SSSR count). The monoisotopic (exact) mass is 463 g/mol. The molecule has 0 atom stereocenters. The van der Waals surface area contributed by atoms with Crippen LogP contribution in [-0.2, 0) is 11.4 Å². The number of benzene rings is 3. The number of amides is 1. The van der Waals surface area contributed by atoms with Gasteiger partial charge in [0.2, 0.25) is 0 Å². The quantitative estimate of drug-likeness (QED) is 0.212. The number of nitrogens with one attached hydrogen (secondary N) is 1. The number of thioether (sulfide) groups is 1. The first-order valence-electron chi connectivity index (χ1n) is 9.86. The Morgan fingerprint density at radius 1 is 1.09 bits per heavy atom.